The van der Waals surface area contributed by atoms with Gasteiger partial charge in [0.15, 0.2) is 0 Å². The standard InChI is InChI=1S/C18H24O4S/c1-3-4-7-15-8-5-9-16-14-17(10-11-18(15)16)22-12-6-13-23(19,20)21-2/h5,8-11,14H,3-4,6-7,12-13H2,1-2H3. The Morgan fingerprint density at radius 1 is 1.09 bits per heavy atom. The van der Waals surface area contributed by atoms with Crippen LogP contribution >= 0.6 is 0 Å². The summed E-state index contributed by atoms with van der Waals surface area (Å²) < 4.78 is 32.5. The van der Waals surface area contributed by atoms with Crippen LogP contribution in [-0.2, 0) is 20.7 Å². The summed E-state index contributed by atoms with van der Waals surface area (Å²) in [5.41, 5.74) is 1.36. The van der Waals surface area contributed by atoms with Crippen LogP contribution in [-0.4, -0.2) is 27.9 Å². The molecule has 0 fully saturated rings. The van der Waals surface area contributed by atoms with Gasteiger partial charge in [-0.1, -0.05) is 37.6 Å². The molecule has 0 N–H and O–H groups in total. The van der Waals surface area contributed by atoms with Crippen molar-refractivity contribution in [1.29, 1.82) is 0 Å². The summed E-state index contributed by atoms with van der Waals surface area (Å²) in [4.78, 5) is 0. The monoisotopic (exact) mass is 336 g/mol. The van der Waals surface area contributed by atoms with Gasteiger partial charge in [0.2, 0.25) is 0 Å². The summed E-state index contributed by atoms with van der Waals surface area (Å²) in [5.74, 6) is 0.734. The molecule has 2 rings (SSSR count). The van der Waals surface area contributed by atoms with Crippen molar-refractivity contribution < 1.29 is 17.3 Å². The van der Waals surface area contributed by atoms with Crippen LogP contribution in [0.1, 0.15) is 31.7 Å². The zero-order valence-electron chi connectivity index (χ0n) is 13.7. The average molecular weight is 336 g/mol. The van der Waals surface area contributed by atoms with E-state index in [2.05, 4.69) is 35.4 Å². The fraction of sp³-hybridized carbons (Fsp3) is 0.444. The van der Waals surface area contributed by atoms with Gasteiger partial charge in [0.1, 0.15) is 5.75 Å². The third-order valence-electron chi connectivity index (χ3n) is 3.80. The van der Waals surface area contributed by atoms with Crippen molar-refractivity contribution in [2.75, 3.05) is 19.5 Å². The van der Waals surface area contributed by atoms with Crippen molar-refractivity contribution in [3.05, 3.63) is 42.0 Å². The Labute approximate surface area is 138 Å². The number of hydrogen-bond donors (Lipinski definition) is 0. The highest BCUT2D eigenvalue weighted by Gasteiger charge is 2.08. The lowest BCUT2D eigenvalue weighted by Gasteiger charge is -2.10. The van der Waals surface area contributed by atoms with Gasteiger partial charge in [0.05, 0.1) is 19.5 Å². The maximum atomic E-state index is 11.2. The number of aryl methyl sites for hydroxylation is 1. The van der Waals surface area contributed by atoms with Gasteiger partial charge in [0.25, 0.3) is 10.1 Å². The fourth-order valence-corrected chi connectivity index (χ4v) is 3.15. The Morgan fingerprint density at radius 3 is 2.65 bits per heavy atom. The quantitative estimate of drug-likeness (QED) is 0.514. The van der Waals surface area contributed by atoms with Crippen LogP contribution in [0.15, 0.2) is 36.4 Å². The Bertz CT molecular complexity index is 738. The van der Waals surface area contributed by atoms with Crippen molar-refractivity contribution >= 4 is 20.9 Å². The Balaban J connectivity index is 2.00. The van der Waals surface area contributed by atoms with E-state index in [1.54, 1.807) is 0 Å². The highest BCUT2D eigenvalue weighted by Crippen LogP contribution is 2.25. The van der Waals surface area contributed by atoms with Crippen LogP contribution in [0, 0.1) is 0 Å². The zero-order valence-corrected chi connectivity index (χ0v) is 14.6. The van der Waals surface area contributed by atoms with E-state index in [4.69, 9.17) is 4.74 Å². The molecule has 2 aromatic rings. The number of ether oxygens (including phenoxy) is 1. The van der Waals surface area contributed by atoms with Crippen molar-refractivity contribution in [2.45, 2.75) is 32.6 Å². The number of benzene rings is 2. The summed E-state index contributed by atoms with van der Waals surface area (Å²) >= 11 is 0. The molecule has 0 unspecified atom stereocenters. The fourth-order valence-electron chi connectivity index (χ4n) is 2.51. The first-order valence-electron chi connectivity index (χ1n) is 7.98. The molecule has 0 radical (unpaired) electrons. The Hall–Kier alpha value is -1.59. The second-order valence-corrected chi connectivity index (χ2v) is 7.39. The van der Waals surface area contributed by atoms with Gasteiger partial charge in [-0.3, -0.25) is 4.18 Å². The SMILES string of the molecule is CCCCc1cccc2cc(OCCCS(=O)(=O)OC)ccc12. The van der Waals surface area contributed by atoms with Crippen molar-refractivity contribution in [2.24, 2.45) is 0 Å². The summed E-state index contributed by atoms with van der Waals surface area (Å²) in [6, 6.07) is 12.4. The molecular weight excluding hydrogens is 312 g/mol. The lowest BCUT2D eigenvalue weighted by atomic mass is 10.0. The van der Waals surface area contributed by atoms with Gasteiger partial charge in [-0.05, 0) is 47.7 Å². The number of unbranched alkanes of at least 4 members (excludes halogenated alkanes) is 1. The molecule has 0 aliphatic carbocycles. The minimum Gasteiger partial charge on any atom is -0.494 e. The third kappa shape index (κ3) is 5.22. The highest BCUT2D eigenvalue weighted by molar-refractivity contribution is 7.86. The van der Waals surface area contributed by atoms with Crippen LogP contribution < -0.4 is 4.74 Å². The molecule has 0 saturated heterocycles. The van der Waals surface area contributed by atoms with Gasteiger partial charge in [-0.2, -0.15) is 8.42 Å². The van der Waals surface area contributed by atoms with E-state index < -0.39 is 10.1 Å². The molecule has 0 aliphatic heterocycles. The molecular formula is C18H24O4S. The molecule has 0 aliphatic rings. The molecule has 0 atom stereocenters. The van der Waals surface area contributed by atoms with Crippen LogP contribution in [0.3, 0.4) is 0 Å². The zero-order chi connectivity index (χ0) is 16.7. The largest absolute Gasteiger partial charge is 0.494 e. The second-order valence-electron chi connectivity index (χ2n) is 5.53. The van der Waals surface area contributed by atoms with Gasteiger partial charge >= 0.3 is 0 Å². The first kappa shape index (κ1) is 17.8. The van der Waals surface area contributed by atoms with Gasteiger partial charge < -0.3 is 4.74 Å². The normalized spacial score (nSPS) is 11.7. The molecule has 5 heteroatoms. The molecule has 0 amide bonds. The molecule has 0 saturated carbocycles. The van der Waals surface area contributed by atoms with E-state index in [1.807, 2.05) is 12.1 Å². The number of fused-ring (bicyclic) bond motifs is 1. The molecule has 2 aromatic carbocycles. The molecule has 126 valence electrons. The summed E-state index contributed by atoms with van der Waals surface area (Å²) in [6.07, 6.45) is 3.86. The van der Waals surface area contributed by atoms with Crippen LogP contribution in [0.25, 0.3) is 10.8 Å². The van der Waals surface area contributed by atoms with Gasteiger partial charge in [0, 0.05) is 0 Å². The van der Waals surface area contributed by atoms with Crippen LogP contribution in [0.4, 0.5) is 0 Å². The van der Waals surface area contributed by atoms with E-state index in [0.29, 0.717) is 13.0 Å². The van der Waals surface area contributed by atoms with Crippen molar-refractivity contribution in [3.8, 4) is 5.75 Å². The third-order valence-corrected chi connectivity index (χ3v) is 5.10. The van der Waals surface area contributed by atoms with Crippen molar-refractivity contribution in [1.82, 2.24) is 0 Å². The summed E-state index contributed by atoms with van der Waals surface area (Å²) in [6.45, 7) is 2.55. The summed E-state index contributed by atoms with van der Waals surface area (Å²) in [7, 11) is -2.23. The van der Waals surface area contributed by atoms with Gasteiger partial charge in [-0.15, -0.1) is 0 Å². The molecule has 23 heavy (non-hydrogen) atoms. The molecule has 0 bridgehead atoms. The Morgan fingerprint density at radius 2 is 1.91 bits per heavy atom. The predicted octanol–water partition coefficient (Wildman–Crippen LogP) is 3.93. The number of hydrogen-bond acceptors (Lipinski definition) is 4. The lowest BCUT2D eigenvalue weighted by Crippen LogP contribution is -2.11. The lowest BCUT2D eigenvalue weighted by molar-refractivity contribution is 0.314. The topological polar surface area (TPSA) is 52.6 Å². The minimum absolute atomic E-state index is 0.0295. The maximum absolute atomic E-state index is 11.2. The van der Waals surface area contributed by atoms with Crippen LogP contribution in [0.2, 0.25) is 0 Å². The molecule has 0 heterocycles. The molecule has 0 spiro atoms. The molecule has 0 aromatic heterocycles. The number of rotatable bonds is 9. The first-order valence-corrected chi connectivity index (χ1v) is 9.56. The second kappa shape index (κ2) is 8.31. The minimum atomic E-state index is -3.40. The molecule has 4 nitrogen and oxygen atoms in total. The van der Waals surface area contributed by atoms with E-state index >= 15 is 0 Å². The van der Waals surface area contributed by atoms with Gasteiger partial charge in [-0.25, -0.2) is 0 Å². The van der Waals surface area contributed by atoms with E-state index in [1.165, 1.54) is 30.9 Å². The highest BCUT2D eigenvalue weighted by atomic mass is 32.2. The van der Waals surface area contributed by atoms with Crippen molar-refractivity contribution in [3.63, 3.8) is 0 Å². The Kier molecular flexibility index (Phi) is 6.42. The van der Waals surface area contributed by atoms with Crippen LogP contribution in [0.5, 0.6) is 5.75 Å². The predicted molar refractivity (Wildman–Crippen MR) is 93.5 cm³/mol. The first-order chi connectivity index (χ1) is 11.1. The summed E-state index contributed by atoms with van der Waals surface area (Å²) in [5, 5.41) is 2.41. The van der Waals surface area contributed by atoms with E-state index in [0.717, 1.165) is 17.6 Å². The average Bonchev–Trinajstić information content (AvgIpc) is 2.56. The van der Waals surface area contributed by atoms with E-state index in [9.17, 15) is 8.42 Å². The maximum Gasteiger partial charge on any atom is 0.267 e. The van der Waals surface area contributed by atoms with E-state index in [-0.39, 0.29) is 5.75 Å². The smallest absolute Gasteiger partial charge is 0.267 e.